The number of aryl methyl sites for hydroxylation is 2. The molecule has 2 rings (SSSR count). The van der Waals surface area contributed by atoms with Crippen LogP contribution in [0.3, 0.4) is 0 Å². The van der Waals surface area contributed by atoms with Crippen molar-refractivity contribution in [1.82, 2.24) is 20.1 Å². The Bertz CT molecular complexity index is 594. The summed E-state index contributed by atoms with van der Waals surface area (Å²) in [6, 6.07) is 4.13. The summed E-state index contributed by atoms with van der Waals surface area (Å²) in [6.45, 7) is 2.36. The van der Waals surface area contributed by atoms with E-state index in [0.717, 1.165) is 17.7 Å². The quantitative estimate of drug-likeness (QED) is 0.848. The number of rotatable bonds is 4. The average molecular weight is 262 g/mol. The van der Waals surface area contributed by atoms with E-state index in [9.17, 15) is 9.18 Å². The second-order valence-electron chi connectivity index (χ2n) is 4.16. The summed E-state index contributed by atoms with van der Waals surface area (Å²) >= 11 is 0. The summed E-state index contributed by atoms with van der Waals surface area (Å²) in [5, 5.41) is 6.99. The number of nitrogens with zero attached hydrogens (tertiary/aromatic N) is 3. The lowest BCUT2D eigenvalue weighted by Crippen LogP contribution is -2.24. The third-order valence-electron chi connectivity index (χ3n) is 2.71. The standard InChI is InChI=1S/C13H15FN4O/c1-3-10-9(8-18(2)17-10)7-15-13(19)11-5-4-6-12(14)16-11/h4-6,8H,3,7H2,1-2H3,(H,15,19). The van der Waals surface area contributed by atoms with Crippen molar-refractivity contribution < 1.29 is 9.18 Å². The number of carbonyl (C=O) groups is 1. The van der Waals surface area contributed by atoms with E-state index in [1.807, 2.05) is 20.2 Å². The smallest absolute Gasteiger partial charge is 0.270 e. The van der Waals surface area contributed by atoms with Crippen LogP contribution < -0.4 is 5.32 Å². The number of pyridine rings is 1. The molecule has 0 saturated heterocycles. The minimum atomic E-state index is -0.664. The van der Waals surface area contributed by atoms with Crippen LogP contribution in [0.25, 0.3) is 0 Å². The largest absolute Gasteiger partial charge is 0.346 e. The van der Waals surface area contributed by atoms with Crippen LogP contribution in [0.1, 0.15) is 28.7 Å². The maximum absolute atomic E-state index is 12.9. The van der Waals surface area contributed by atoms with E-state index in [4.69, 9.17) is 0 Å². The number of hydrogen-bond donors (Lipinski definition) is 1. The molecule has 6 heteroatoms. The van der Waals surface area contributed by atoms with Crippen LogP contribution in [0, 0.1) is 5.95 Å². The van der Waals surface area contributed by atoms with Gasteiger partial charge in [0.15, 0.2) is 0 Å². The van der Waals surface area contributed by atoms with Crippen LogP contribution in [0.5, 0.6) is 0 Å². The van der Waals surface area contributed by atoms with Gasteiger partial charge >= 0.3 is 0 Å². The van der Waals surface area contributed by atoms with Crippen molar-refractivity contribution in [2.75, 3.05) is 0 Å². The number of aromatic nitrogens is 3. The zero-order valence-electron chi connectivity index (χ0n) is 10.9. The fraction of sp³-hybridized carbons (Fsp3) is 0.308. The highest BCUT2D eigenvalue weighted by molar-refractivity contribution is 5.92. The molecule has 19 heavy (non-hydrogen) atoms. The Morgan fingerprint density at radius 1 is 1.47 bits per heavy atom. The van der Waals surface area contributed by atoms with Gasteiger partial charge < -0.3 is 5.32 Å². The second kappa shape index (κ2) is 5.60. The molecule has 1 amide bonds. The molecule has 0 saturated carbocycles. The number of halogens is 1. The highest BCUT2D eigenvalue weighted by Gasteiger charge is 2.10. The van der Waals surface area contributed by atoms with E-state index in [-0.39, 0.29) is 5.69 Å². The van der Waals surface area contributed by atoms with E-state index in [2.05, 4.69) is 15.4 Å². The topological polar surface area (TPSA) is 59.8 Å². The van der Waals surface area contributed by atoms with Gasteiger partial charge in [-0.1, -0.05) is 13.0 Å². The van der Waals surface area contributed by atoms with Crippen LogP contribution >= 0.6 is 0 Å². The predicted octanol–water partition coefficient (Wildman–Crippen LogP) is 1.45. The van der Waals surface area contributed by atoms with Gasteiger partial charge in [-0.05, 0) is 18.6 Å². The maximum Gasteiger partial charge on any atom is 0.270 e. The Kier molecular flexibility index (Phi) is 3.89. The number of carbonyl (C=O) groups excluding carboxylic acids is 1. The molecule has 100 valence electrons. The van der Waals surface area contributed by atoms with E-state index < -0.39 is 11.9 Å². The van der Waals surface area contributed by atoms with E-state index >= 15 is 0 Å². The van der Waals surface area contributed by atoms with Crippen LogP contribution in [0.2, 0.25) is 0 Å². The fourth-order valence-electron chi connectivity index (χ4n) is 1.83. The van der Waals surface area contributed by atoms with Crippen LogP contribution in [0.4, 0.5) is 4.39 Å². The molecule has 0 fully saturated rings. The van der Waals surface area contributed by atoms with Crippen LogP contribution in [-0.2, 0) is 20.0 Å². The van der Waals surface area contributed by atoms with E-state index in [1.165, 1.54) is 18.2 Å². The molecule has 2 heterocycles. The zero-order chi connectivity index (χ0) is 13.8. The van der Waals surface area contributed by atoms with Gasteiger partial charge in [-0.25, -0.2) is 4.98 Å². The van der Waals surface area contributed by atoms with Gasteiger partial charge in [0.05, 0.1) is 5.69 Å². The van der Waals surface area contributed by atoms with Crippen molar-refractivity contribution in [2.45, 2.75) is 19.9 Å². The molecule has 0 unspecified atom stereocenters. The summed E-state index contributed by atoms with van der Waals surface area (Å²) in [5.41, 5.74) is 1.96. The highest BCUT2D eigenvalue weighted by atomic mass is 19.1. The number of amides is 1. The van der Waals surface area contributed by atoms with Crippen molar-refractivity contribution in [3.8, 4) is 0 Å². The lowest BCUT2D eigenvalue weighted by atomic mass is 10.2. The van der Waals surface area contributed by atoms with Gasteiger partial charge in [0.2, 0.25) is 5.95 Å². The number of hydrogen-bond acceptors (Lipinski definition) is 3. The van der Waals surface area contributed by atoms with Gasteiger partial charge in [0, 0.05) is 25.4 Å². The SMILES string of the molecule is CCc1nn(C)cc1CNC(=O)c1cccc(F)n1. The second-order valence-corrected chi connectivity index (χ2v) is 4.16. The van der Waals surface area contributed by atoms with Crippen molar-refractivity contribution >= 4 is 5.91 Å². The maximum atomic E-state index is 12.9. The minimum absolute atomic E-state index is 0.0712. The monoisotopic (exact) mass is 262 g/mol. The molecular formula is C13H15FN4O. The van der Waals surface area contributed by atoms with Crippen molar-refractivity contribution in [1.29, 1.82) is 0 Å². The first-order valence-electron chi connectivity index (χ1n) is 6.02. The molecule has 2 aromatic heterocycles. The Balaban J connectivity index is 2.04. The van der Waals surface area contributed by atoms with Crippen LogP contribution in [-0.4, -0.2) is 20.7 Å². The number of nitrogens with one attached hydrogen (secondary N) is 1. The fourth-order valence-corrected chi connectivity index (χ4v) is 1.83. The van der Waals surface area contributed by atoms with E-state index in [0.29, 0.717) is 6.54 Å². The van der Waals surface area contributed by atoms with Crippen molar-refractivity contribution in [2.24, 2.45) is 7.05 Å². The molecular weight excluding hydrogens is 247 g/mol. The normalized spacial score (nSPS) is 10.5. The molecule has 0 aliphatic rings. The molecule has 1 N–H and O–H groups in total. The molecule has 0 spiro atoms. The first kappa shape index (κ1) is 13.2. The van der Waals surface area contributed by atoms with Gasteiger partial charge in [-0.15, -0.1) is 0 Å². The molecule has 0 radical (unpaired) electrons. The first-order chi connectivity index (χ1) is 9.10. The van der Waals surface area contributed by atoms with Gasteiger partial charge in [-0.2, -0.15) is 9.49 Å². The zero-order valence-corrected chi connectivity index (χ0v) is 10.9. The molecule has 2 aromatic rings. The third kappa shape index (κ3) is 3.15. The van der Waals surface area contributed by atoms with Gasteiger partial charge in [0.1, 0.15) is 5.69 Å². The lowest BCUT2D eigenvalue weighted by Gasteiger charge is -2.04. The summed E-state index contributed by atoms with van der Waals surface area (Å²) in [4.78, 5) is 15.3. The van der Waals surface area contributed by atoms with E-state index in [1.54, 1.807) is 4.68 Å². The van der Waals surface area contributed by atoms with Gasteiger partial charge in [-0.3, -0.25) is 9.48 Å². The summed E-state index contributed by atoms with van der Waals surface area (Å²) in [5.74, 6) is -1.06. The highest BCUT2D eigenvalue weighted by Crippen LogP contribution is 2.07. The lowest BCUT2D eigenvalue weighted by molar-refractivity contribution is 0.0944. The van der Waals surface area contributed by atoms with Crippen molar-refractivity contribution in [3.05, 3.63) is 47.3 Å². The molecule has 5 nitrogen and oxygen atoms in total. The average Bonchev–Trinajstić information content (AvgIpc) is 2.76. The first-order valence-corrected chi connectivity index (χ1v) is 6.02. The summed E-state index contributed by atoms with van der Waals surface area (Å²) < 4.78 is 14.6. The summed E-state index contributed by atoms with van der Waals surface area (Å²) in [6.07, 6.45) is 2.66. The Hall–Kier alpha value is -2.24. The Morgan fingerprint density at radius 3 is 2.95 bits per heavy atom. The van der Waals surface area contributed by atoms with Crippen molar-refractivity contribution in [3.63, 3.8) is 0 Å². The predicted molar refractivity (Wildman–Crippen MR) is 68.0 cm³/mol. The van der Waals surface area contributed by atoms with Gasteiger partial charge in [0.25, 0.3) is 5.91 Å². The molecule has 0 bridgehead atoms. The Labute approximate surface area is 110 Å². The molecule has 0 atom stereocenters. The minimum Gasteiger partial charge on any atom is -0.346 e. The summed E-state index contributed by atoms with van der Waals surface area (Å²) in [7, 11) is 1.83. The molecule has 0 aromatic carbocycles. The van der Waals surface area contributed by atoms with Crippen LogP contribution in [0.15, 0.2) is 24.4 Å². The third-order valence-corrected chi connectivity index (χ3v) is 2.71. The Morgan fingerprint density at radius 2 is 2.26 bits per heavy atom. The molecule has 0 aliphatic heterocycles. The molecule has 0 aliphatic carbocycles.